The third kappa shape index (κ3) is 5.25. The fourth-order valence-corrected chi connectivity index (χ4v) is 2.74. The number of urea groups is 1. The van der Waals surface area contributed by atoms with Crippen LogP contribution in [0, 0.1) is 0 Å². The topological polar surface area (TPSA) is 122 Å². The number of amides is 2. The lowest BCUT2D eigenvalue weighted by atomic mass is 10.2. The molecule has 1 aliphatic rings. The monoisotopic (exact) mass is 407 g/mol. The predicted octanol–water partition coefficient (Wildman–Crippen LogP) is 2.62. The molecular formula is C20H21N7O3. The zero-order valence-electron chi connectivity index (χ0n) is 16.1. The summed E-state index contributed by atoms with van der Waals surface area (Å²) in [6.45, 7) is 1.94. The Bertz CT molecular complexity index is 983. The summed E-state index contributed by atoms with van der Waals surface area (Å²) >= 11 is 0. The van der Waals surface area contributed by atoms with Crippen molar-refractivity contribution in [3.05, 3.63) is 54.9 Å². The Morgan fingerprint density at radius 3 is 2.43 bits per heavy atom. The van der Waals surface area contributed by atoms with Crippen molar-refractivity contribution in [1.82, 2.24) is 20.5 Å². The maximum atomic E-state index is 12.0. The van der Waals surface area contributed by atoms with Crippen molar-refractivity contribution >= 4 is 29.0 Å². The number of carbonyl (C=O) groups is 1. The van der Waals surface area contributed by atoms with E-state index >= 15 is 0 Å². The molecule has 0 fully saturated rings. The van der Waals surface area contributed by atoms with Gasteiger partial charge < -0.3 is 30.7 Å². The minimum atomic E-state index is -0.309. The Morgan fingerprint density at radius 1 is 0.867 bits per heavy atom. The molecule has 0 saturated carbocycles. The van der Waals surface area contributed by atoms with Crippen LogP contribution in [0.2, 0.25) is 0 Å². The zero-order valence-corrected chi connectivity index (χ0v) is 16.1. The molecule has 4 rings (SSSR count). The number of hydrogen-bond acceptors (Lipinski definition) is 8. The second-order valence-electron chi connectivity index (χ2n) is 6.33. The van der Waals surface area contributed by atoms with Crippen LogP contribution in [0.3, 0.4) is 0 Å². The molecule has 2 amide bonds. The molecule has 0 aliphatic carbocycles. The third-order valence-electron chi connectivity index (χ3n) is 4.13. The van der Waals surface area contributed by atoms with Gasteiger partial charge in [-0.05, 0) is 36.4 Å². The second-order valence-corrected chi connectivity index (χ2v) is 6.33. The summed E-state index contributed by atoms with van der Waals surface area (Å²) in [5.74, 6) is 2.55. The van der Waals surface area contributed by atoms with Gasteiger partial charge in [0.2, 0.25) is 0 Å². The number of nitrogens with one attached hydrogen (secondary N) is 4. The number of carbonyl (C=O) groups excluding carboxylic acids is 1. The molecule has 0 saturated heterocycles. The quantitative estimate of drug-likeness (QED) is 0.441. The van der Waals surface area contributed by atoms with Crippen molar-refractivity contribution in [2.24, 2.45) is 0 Å². The number of benzene rings is 1. The summed E-state index contributed by atoms with van der Waals surface area (Å²) < 4.78 is 11.0. The molecule has 0 radical (unpaired) electrons. The normalized spacial score (nSPS) is 12.0. The van der Waals surface area contributed by atoms with Gasteiger partial charge in [0.1, 0.15) is 19.0 Å². The molecule has 1 aliphatic heterocycles. The average Bonchev–Trinajstić information content (AvgIpc) is 2.78. The van der Waals surface area contributed by atoms with Crippen molar-refractivity contribution in [2.75, 3.05) is 42.3 Å². The van der Waals surface area contributed by atoms with Gasteiger partial charge >= 0.3 is 6.03 Å². The zero-order chi connectivity index (χ0) is 20.6. The Balaban J connectivity index is 1.18. The molecule has 4 N–H and O–H groups in total. The van der Waals surface area contributed by atoms with E-state index in [2.05, 4.69) is 36.4 Å². The Kier molecular flexibility index (Phi) is 6.04. The second kappa shape index (κ2) is 9.41. The number of fused-ring (bicyclic) bond motifs is 1. The van der Waals surface area contributed by atoms with Crippen LogP contribution in [0.4, 0.5) is 27.8 Å². The molecule has 30 heavy (non-hydrogen) atoms. The van der Waals surface area contributed by atoms with Gasteiger partial charge in [-0.25, -0.2) is 4.79 Å². The Hall–Kier alpha value is -4.08. The van der Waals surface area contributed by atoms with Crippen molar-refractivity contribution in [1.29, 1.82) is 0 Å². The standard InChI is InChI=1S/C20H21N7O3/c28-20(25-15-1-2-16-17(13-15)30-12-11-29-16)23-10-9-22-18-3-4-19(27-26-18)24-14-5-7-21-8-6-14/h1-8,13H,9-12H2,(H,22,26)(H,21,24,27)(H2,23,25,28). The first-order valence-corrected chi connectivity index (χ1v) is 9.45. The fraction of sp³-hybridized carbons (Fsp3) is 0.200. The number of anilines is 4. The average molecular weight is 407 g/mol. The number of rotatable bonds is 7. The van der Waals surface area contributed by atoms with Crippen molar-refractivity contribution in [3.8, 4) is 11.5 Å². The highest BCUT2D eigenvalue weighted by molar-refractivity contribution is 5.89. The summed E-state index contributed by atoms with van der Waals surface area (Å²) in [4.78, 5) is 16.0. The first-order valence-electron chi connectivity index (χ1n) is 9.45. The largest absolute Gasteiger partial charge is 0.486 e. The van der Waals surface area contributed by atoms with Crippen molar-refractivity contribution in [3.63, 3.8) is 0 Å². The minimum absolute atomic E-state index is 0.309. The summed E-state index contributed by atoms with van der Waals surface area (Å²) in [6, 6.07) is 12.3. The molecule has 3 heterocycles. The van der Waals surface area contributed by atoms with E-state index in [9.17, 15) is 4.79 Å². The highest BCUT2D eigenvalue weighted by Crippen LogP contribution is 2.32. The lowest BCUT2D eigenvalue weighted by molar-refractivity contribution is 0.171. The smallest absolute Gasteiger partial charge is 0.319 e. The third-order valence-corrected chi connectivity index (χ3v) is 4.13. The Labute approximate surface area is 173 Å². The minimum Gasteiger partial charge on any atom is -0.486 e. The molecule has 2 aromatic heterocycles. The van der Waals surface area contributed by atoms with E-state index in [1.807, 2.05) is 24.3 Å². The summed E-state index contributed by atoms with van der Waals surface area (Å²) in [7, 11) is 0. The first kappa shape index (κ1) is 19.2. The van der Waals surface area contributed by atoms with Gasteiger partial charge in [-0.1, -0.05) is 0 Å². The van der Waals surface area contributed by atoms with Gasteiger partial charge in [0.15, 0.2) is 17.3 Å². The van der Waals surface area contributed by atoms with Gasteiger partial charge in [0.25, 0.3) is 0 Å². The highest BCUT2D eigenvalue weighted by atomic mass is 16.6. The molecule has 0 unspecified atom stereocenters. The van der Waals surface area contributed by atoms with Crippen LogP contribution >= 0.6 is 0 Å². The van der Waals surface area contributed by atoms with Gasteiger partial charge in [0, 0.05) is 42.9 Å². The van der Waals surface area contributed by atoms with E-state index in [4.69, 9.17) is 9.47 Å². The van der Waals surface area contributed by atoms with Crippen molar-refractivity contribution < 1.29 is 14.3 Å². The van der Waals surface area contributed by atoms with Gasteiger partial charge in [-0.3, -0.25) is 4.98 Å². The van der Waals surface area contributed by atoms with Crippen LogP contribution in [-0.4, -0.2) is 47.5 Å². The van der Waals surface area contributed by atoms with Crippen LogP contribution in [0.25, 0.3) is 0 Å². The molecule has 154 valence electrons. The van der Waals surface area contributed by atoms with E-state index in [1.54, 1.807) is 30.6 Å². The van der Waals surface area contributed by atoms with Gasteiger partial charge in [0.05, 0.1) is 0 Å². The molecule has 0 bridgehead atoms. The Morgan fingerprint density at radius 2 is 1.63 bits per heavy atom. The van der Waals surface area contributed by atoms with E-state index in [0.717, 1.165) is 5.69 Å². The fourth-order valence-electron chi connectivity index (χ4n) is 2.74. The number of pyridine rings is 1. The summed E-state index contributed by atoms with van der Waals surface area (Å²) in [5.41, 5.74) is 1.51. The first-order chi connectivity index (χ1) is 14.8. The van der Waals surface area contributed by atoms with E-state index < -0.39 is 0 Å². The number of nitrogens with zero attached hydrogens (tertiary/aromatic N) is 3. The SMILES string of the molecule is O=C(NCCNc1ccc(Nc2ccncc2)nn1)Nc1ccc2c(c1)OCCO2. The number of aromatic nitrogens is 3. The lowest BCUT2D eigenvalue weighted by Gasteiger charge is -2.19. The van der Waals surface area contributed by atoms with Crippen LogP contribution < -0.4 is 30.7 Å². The lowest BCUT2D eigenvalue weighted by Crippen LogP contribution is -2.32. The van der Waals surface area contributed by atoms with Crippen molar-refractivity contribution in [2.45, 2.75) is 0 Å². The maximum absolute atomic E-state index is 12.0. The van der Waals surface area contributed by atoms with Crippen LogP contribution in [0.15, 0.2) is 54.9 Å². The van der Waals surface area contributed by atoms with E-state index in [0.29, 0.717) is 55.1 Å². The number of hydrogen-bond donors (Lipinski definition) is 4. The van der Waals surface area contributed by atoms with E-state index in [1.165, 1.54) is 0 Å². The summed E-state index contributed by atoms with van der Waals surface area (Å²) in [6.07, 6.45) is 3.39. The van der Waals surface area contributed by atoms with Crippen LogP contribution in [0.5, 0.6) is 11.5 Å². The molecule has 10 nitrogen and oxygen atoms in total. The van der Waals surface area contributed by atoms with Gasteiger partial charge in [-0.15, -0.1) is 10.2 Å². The van der Waals surface area contributed by atoms with Gasteiger partial charge in [-0.2, -0.15) is 0 Å². The van der Waals surface area contributed by atoms with Crippen LogP contribution in [0.1, 0.15) is 0 Å². The number of ether oxygens (including phenoxy) is 2. The van der Waals surface area contributed by atoms with Crippen LogP contribution in [-0.2, 0) is 0 Å². The molecule has 3 aromatic rings. The molecule has 1 aromatic carbocycles. The molecular weight excluding hydrogens is 386 g/mol. The predicted molar refractivity (Wildman–Crippen MR) is 112 cm³/mol. The maximum Gasteiger partial charge on any atom is 0.319 e. The molecule has 0 spiro atoms. The summed E-state index contributed by atoms with van der Waals surface area (Å²) in [5, 5.41) is 20.0. The highest BCUT2D eigenvalue weighted by Gasteiger charge is 2.12. The molecule has 0 atom stereocenters. The molecule has 10 heteroatoms. The van der Waals surface area contributed by atoms with E-state index in [-0.39, 0.29) is 6.03 Å².